The Morgan fingerprint density at radius 3 is 2.62 bits per heavy atom. The Labute approximate surface area is 176 Å². The van der Waals surface area contributed by atoms with Crippen LogP contribution < -0.4 is 10.0 Å². The van der Waals surface area contributed by atoms with E-state index in [9.17, 15) is 13.2 Å². The second-order valence-electron chi connectivity index (χ2n) is 6.72. The first-order valence-corrected chi connectivity index (χ1v) is 11.2. The first kappa shape index (κ1) is 21.7. The van der Waals surface area contributed by atoms with Crippen LogP contribution in [0.2, 0.25) is 5.02 Å². The average Bonchev–Trinajstić information content (AvgIpc) is 2.69. The standard InChI is InChI=1S/C20H24ClN3O4S/c21-18-6-1-2-7-19(18)29(26,27)22-9-8-20(25)23-17-5-3-4-16(14-17)15-24-10-12-28-13-11-24/h1-7,14,22H,8-13,15H2,(H,23,25). The van der Waals surface area contributed by atoms with E-state index in [1.165, 1.54) is 12.1 Å². The van der Waals surface area contributed by atoms with Crippen LogP contribution in [0.5, 0.6) is 0 Å². The van der Waals surface area contributed by atoms with Crippen molar-refractivity contribution in [2.45, 2.75) is 17.9 Å². The number of anilines is 1. The van der Waals surface area contributed by atoms with Gasteiger partial charge in [-0.2, -0.15) is 0 Å². The van der Waals surface area contributed by atoms with E-state index in [-0.39, 0.29) is 28.8 Å². The van der Waals surface area contributed by atoms with Crippen LogP contribution in [0.3, 0.4) is 0 Å². The van der Waals surface area contributed by atoms with E-state index >= 15 is 0 Å². The SMILES string of the molecule is O=C(CCNS(=O)(=O)c1ccccc1Cl)Nc1cccc(CN2CCOCC2)c1. The van der Waals surface area contributed by atoms with Crippen LogP contribution in [0.25, 0.3) is 0 Å². The molecular formula is C20H24ClN3O4S. The molecule has 2 aromatic rings. The van der Waals surface area contributed by atoms with Gasteiger partial charge in [0.25, 0.3) is 0 Å². The van der Waals surface area contributed by atoms with Gasteiger partial charge in [0.2, 0.25) is 15.9 Å². The fraction of sp³-hybridized carbons (Fsp3) is 0.350. The van der Waals surface area contributed by atoms with Gasteiger partial charge in [-0.3, -0.25) is 9.69 Å². The smallest absolute Gasteiger partial charge is 0.242 e. The zero-order valence-electron chi connectivity index (χ0n) is 15.9. The van der Waals surface area contributed by atoms with Crippen LogP contribution in [-0.2, 0) is 26.1 Å². The van der Waals surface area contributed by atoms with Crippen molar-refractivity contribution in [3.05, 3.63) is 59.1 Å². The first-order chi connectivity index (χ1) is 13.9. The molecule has 0 saturated carbocycles. The lowest BCUT2D eigenvalue weighted by Gasteiger charge is -2.26. The minimum Gasteiger partial charge on any atom is -0.379 e. The van der Waals surface area contributed by atoms with Gasteiger partial charge in [-0.1, -0.05) is 35.9 Å². The second kappa shape index (κ2) is 10.2. The molecule has 2 N–H and O–H groups in total. The van der Waals surface area contributed by atoms with Crippen molar-refractivity contribution in [2.75, 3.05) is 38.2 Å². The fourth-order valence-electron chi connectivity index (χ4n) is 3.03. The van der Waals surface area contributed by atoms with Gasteiger partial charge in [0.15, 0.2) is 0 Å². The molecule has 156 valence electrons. The van der Waals surface area contributed by atoms with Crippen molar-refractivity contribution in [1.29, 1.82) is 0 Å². The number of carbonyl (C=O) groups excluding carboxylic acids is 1. The van der Waals surface area contributed by atoms with E-state index in [4.69, 9.17) is 16.3 Å². The number of sulfonamides is 1. The number of ether oxygens (including phenoxy) is 1. The highest BCUT2D eigenvalue weighted by Gasteiger charge is 2.17. The van der Waals surface area contributed by atoms with Crippen molar-refractivity contribution in [1.82, 2.24) is 9.62 Å². The van der Waals surface area contributed by atoms with Crippen LogP contribution >= 0.6 is 11.6 Å². The van der Waals surface area contributed by atoms with Gasteiger partial charge in [-0.15, -0.1) is 0 Å². The molecular weight excluding hydrogens is 414 g/mol. The third kappa shape index (κ3) is 6.52. The molecule has 0 aliphatic carbocycles. The molecule has 2 aromatic carbocycles. The quantitative estimate of drug-likeness (QED) is 0.662. The summed E-state index contributed by atoms with van der Waals surface area (Å²) < 4.78 is 32.3. The van der Waals surface area contributed by atoms with Crippen LogP contribution in [0.15, 0.2) is 53.4 Å². The van der Waals surface area contributed by atoms with Crippen LogP contribution in [0.1, 0.15) is 12.0 Å². The Morgan fingerprint density at radius 1 is 1.10 bits per heavy atom. The molecule has 1 saturated heterocycles. The molecule has 1 aliphatic rings. The number of carbonyl (C=O) groups is 1. The summed E-state index contributed by atoms with van der Waals surface area (Å²) in [4.78, 5) is 14.5. The summed E-state index contributed by atoms with van der Waals surface area (Å²) in [6.07, 6.45) is 0.0113. The predicted octanol–water partition coefficient (Wildman–Crippen LogP) is 2.48. The summed E-state index contributed by atoms with van der Waals surface area (Å²) in [6.45, 7) is 4.03. The Balaban J connectivity index is 1.49. The van der Waals surface area contributed by atoms with E-state index in [1.807, 2.05) is 24.3 Å². The second-order valence-corrected chi connectivity index (χ2v) is 8.86. The van der Waals surface area contributed by atoms with Crippen LogP contribution in [-0.4, -0.2) is 52.1 Å². The van der Waals surface area contributed by atoms with E-state index in [2.05, 4.69) is 14.9 Å². The Bertz CT molecular complexity index is 946. The lowest BCUT2D eigenvalue weighted by atomic mass is 10.1. The van der Waals surface area contributed by atoms with E-state index < -0.39 is 10.0 Å². The summed E-state index contributed by atoms with van der Waals surface area (Å²) in [6, 6.07) is 13.8. The molecule has 0 bridgehead atoms. The van der Waals surface area contributed by atoms with E-state index in [1.54, 1.807) is 12.1 Å². The van der Waals surface area contributed by atoms with Crippen molar-refractivity contribution in [3.8, 4) is 0 Å². The molecule has 0 atom stereocenters. The normalized spacial score (nSPS) is 15.2. The van der Waals surface area contributed by atoms with E-state index in [0.29, 0.717) is 5.69 Å². The molecule has 1 aliphatic heterocycles. The maximum absolute atomic E-state index is 12.3. The lowest BCUT2D eigenvalue weighted by Crippen LogP contribution is -2.35. The molecule has 0 aromatic heterocycles. The van der Waals surface area contributed by atoms with Crippen molar-refractivity contribution < 1.29 is 17.9 Å². The summed E-state index contributed by atoms with van der Waals surface area (Å²) in [7, 11) is -3.76. The maximum Gasteiger partial charge on any atom is 0.242 e. The number of halogens is 1. The Morgan fingerprint density at radius 2 is 1.86 bits per heavy atom. The summed E-state index contributed by atoms with van der Waals surface area (Å²) in [5.74, 6) is -0.268. The number of nitrogens with one attached hydrogen (secondary N) is 2. The van der Waals surface area contributed by atoms with Gasteiger partial charge in [0, 0.05) is 38.3 Å². The fourth-order valence-corrected chi connectivity index (χ4v) is 4.58. The largest absolute Gasteiger partial charge is 0.379 e. The highest BCUT2D eigenvalue weighted by atomic mass is 35.5. The predicted molar refractivity (Wildman–Crippen MR) is 112 cm³/mol. The lowest BCUT2D eigenvalue weighted by molar-refractivity contribution is -0.116. The molecule has 29 heavy (non-hydrogen) atoms. The van der Waals surface area contributed by atoms with E-state index in [0.717, 1.165) is 38.4 Å². The van der Waals surface area contributed by atoms with Crippen LogP contribution in [0, 0.1) is 0 Å². The molecule has 1 amide bonds. The number of morpholine rings is 1. The maximum atomic E-state index is 12.3. The number of hydrogen-bond donors (Lipinski definition) is 2. The highest BCUT2D eigenvalue weighted by molar-refractivity contribution is 7.89. The van der Waals surface area contributed by atoms with Crippen molar-refractivity contribution in [2.24, 2.45) is 0 Å². The molecule has 0 unspecified atom stereocenters. The Kier molecular flexibility index (Phi) is 7.63. The number of rotatable bonds is 8. The molecule has 1 fully saturated rings. The summed E-state index contributed by atoms with van der Waals surface area (Å²) >= 11 is 5.93. The zero-order chi connectivity index (χ0) is 20.7. The number of nitrogens with zero attached hydrogens (tertiary/aromatic N) is 1. The summed E-state index contributed by atoms with van der Waals surface area (Å²) in [5.41, 5.74) is 1.79. The number of amides is 1. The third-order valence-corrected chi connectivity index (χ3v) is 6.45. The number of hydrogen-bond acceptors (Lipinski definition) is 5. The van der Waals surface area contributed by atoms with Gasteiger partial charge < -0.3 is 10.1 Å². The van der Waals surface area contributed by atoms with Gasteiger partial charge in [-0.25, -0.2) is 13.1 Å². The van der Waals surface area contributed by atoms with Gasteiger partial charge in [-0.05, 0) is 29.8 Å². The van der Waals surface area contributed by atoms with Gasteiger partial charge in [0.1, 0.15) is 4.90 Å². The highest BCUT2D eigenvalue weighted by Crippen LogP contribution is 2.20. The Hall–Kier alpha value is -1.97. The number of benzene rings is 2. The van der Waals surface area contributed by atoms with Crippen molar-refractivity contribution >= 4 is 33.2 Å². The molecule has 0 radical (unpaired) electrons. The minimum atomic E-state index is -3.76. The molecule has 3 rings (SSSR count). The first-order valence-electron chi connectivity index (χ1n) is 9.37. The summed E-state index contributed by atoms with van der Waals surface area (Å²) in [5, 5.41) is 2.95. The van der Waals surface area contributed by atoms with Crippen LogP contribution in [0.4, 0.5) is 5.69 Å². The van der Waals surface area contributed by atoms with Gasteiger partial charge >= 0.3 is 0 Å². The zero-order valence-corrected chi connectivity index (χ0v) is 17.5. The van der Waals surface area contributed by atoms with Gasteiger partial charge in [0.05, 0.1) is 18.2 Å². The monoisotopic (exact) mass is 437 g/mol. The molecule has 0 spiro atoms. The third-order valence-electron chi connectivity index (χ3n) is 4.49. The topological polar surface area (TPSA) is 87.7 Å². The minimum absolute atomic E-state index is 0.00195. The average molecular weight is 438 g/mol. The van der Waals surface area contributed by atoms with Crippen molar-refractivity contribution in [3.63, 3.8) is 0 Å². The molecule has 9 heteroatoms. The molecule has 1 heterocycles. The molecule has 7 nitrogen and oxygen atoms in total.